The van der Waals surface area contributed by atoms with Crippen LogP contribution in [0.4, 0.5) is 0 Å². The van der Waals surface area contributed by atoms with E-state index in [9.17, 15) is 19.8 Å². The number of aliphatic carboxylic acids is 2. The third-order valence-corrected chi connectivity index (χ3v) is 0.632. The summed E-state index contributed by atoms with van der Waals surface area (Å²) in [6.07, 6.45) is -0.528. The molecule has 0 saturated heterocycles. The average molecular weight is 242 g/mol. The summed E-state index contributed by atoms with van der Waals surface area (Å²) in [6, 6.07) is 0. The summed E-state index contributed by atoms with van der Waals surface area (Å²) >= 11 is 0. The number of aliphatic hydroxyl groups excluding tert-OH is 2. The summed E-state index contributed by atoms with van der Waals surface area (Å²) in [7, 11) is 0. The Labute approximate surface area is 85.7 Å². The fourth-order valence-electron chi connectivity index (χ4n) is 0.183. The van der Waals surface area contributed by atoms with Gasteiger partial charge in [0.05, 0.1) is 0 Å². The fraction of sp³-hybridized carbons (Fsp3) is 0.667. The van der Waals surface area contributed by atoms with Gasteiger partial charge in [-0.3, -0.25) is 0 Å². The smallest absolute Gasteiger partial charge is 0.550 e. The molecule has 0 aliphatic heterocycles. The molecule has 7 heteroatoms. The summed E-state index contributed by atoms with van der Waals surface area (Å²) < 4.78 is 0. The van der Waals surface area contributed by atoms with Crippen molar-refractivity contribution >= 4 is 11.9 Å². The number of aliphatic hydroxyl groups is 2. The quantitative estimate of drug-likeness (QED) is 0.488. The summed E-state index contributed by atoms with van der Waals surface area (Å²) in [5.74, 6) is -2.42. The summed E-state index contributed by atoms with van der Waals surface area (Å²) in [5, 5.41) is 34.3. The first-order valence-corrected chi connectivity index (χ1v) is 3.16. The van der Waals surface area contributed by atoms with Crippen LogP contribution in [0.2, 0.25) is 0 Å². The second-order valence-electron chi connectivity index (χ2n) is 1.69. The van der Waals surface area contributed by atoms with Gasteiger partial charge in [0, 0.05) is 38.0 Å². The molecule has 6 nitrogen and oxygen atoms in total. The maximum Gasteiger partial charge on any atom is 2.00 e. The van der Waals surface area contributed by atoms with Gasteiger partial charge in [0.15, 0.2) is 0 Å². The molecular formula is C6H10CuO6. The van der Waals surface area contributed by atoms with Crippen molar-refractivity contribution in [2.24, 2.45) is 0 Å². The molecule has 0 saturated carbocycles. The zero-order chi connectivity index (χ0) is 9.98. The van der Waals surface area contributed by atoms with Gasteiger partial charge in [-0.15, -0.1) is 0 Å². The second kappa shape index (κ2) is 13.9. The fourth-order valence-corrected chi connectivity index (χ4v) is 0.183. The van der Waals surface area contributed by atoms with E-state index in [1.165, 1.54) is 0 Å². The Hall–Kier alpha value is -0.621. The zero-order valence-corrected chi connectivity index (χ0v) is 7.60. The number of carboxylic acids is 2. The van der Waals surface area contributed by atoms with Crippen LogP contribution < -0.4 is 10.2 Å². The van der Waals surface area contributed by atoms with Crippen molar-refractivity contribution in [1.82, 2.24) is 0 Å². The third-order valence-electron chi connectivity index (χ3n) is 0.632. The van der Waals surface area contributed by atoms with Gasteiger partial charge in [0.2, 0.25) is 0 Å². The van der Waals surface area contributed by atoms with Crippen molar-refractivity contribution in [3.05, 3.63) is 0 Å². The molecule has 0 amide bonds. The molecule has 13 heavy (non-hydrogen) atoms. The summed E-state index contributed by atoms with van der Waals surface area (Å²) in [4.78, 5) is 18.7. The molecule has 1 radical (unpaired) electrons. The topological polar surface area (TPSA) is 121 Å². The van der Waals surface area contributed by atoms with E-state index in [0.717, 1.165) is 0 Å². The third kappa shape index (κ3) is 34.6. The Balaban J connectivity index is -0.000000143. The van der Waals surface area contributed by atoms with Crippen LogP contribution in [0.5, 0.6) is 0 Å². The van der Waals surface area contributed by atoms with Gasteiger partial charge in [-0.1, -0.05) is 0 Å². The number of carboxylic acid groups (broad SMARTS) is 2. The van der Waals surface area contributed by atoms with Crippen molar-refractivity contribution in [3.8, 4) is 0 Å². The normalized spacial score (nSPS) is 7.54. The molecule has 0 aliphatic rings. The standard InChI is InChI=1S/2C3H6O3.Cu/c2*4-2-1-3(5)6;/h2*4H,1-2H2,(H,5,6);/q;;+2/p-2. The van der Waals surface area contributed by atoms with Crippen molar-refractivity contribution in [1.29, 1.82) is 0 Å². The molecule has 0 unspecified atom stereocenters. The predicted octanol–water partition coefficient (Wildman–Crippen LogP) is -3.77. The molecule has 81 valence electrons. The van der Waals surface area contributed by atoms with E-state index in [0.29, 0.717) is 0 Å². The molecule has 2 N–H and O–H groups in total. The molecule has 0 atom stereocenters. The second-order valence-corrected chi connectivity index (χ2v) is 1.69. The Morgan fingerprint density at radius 1 is 0.923 bits per heavy atom. The van der Waals surface area contributed by atoms with Gasteiger partial charge < -0.3 is 30.0 Å². The van der Waals surface area contributed by atoms with E-state index in [1.807, 2.05) is 0 Å². The Morgan fingerprint density at radius 3 is 1.15 bits per heavy atom. The van der Waals surface area contributed by atoms with Gasteiger partial charge in [-0.05, 0) is 0 Å². The van der Waals surface area contributed by atoms with Crippen molar-refractivity contribution in [2.45, 2.75) is 12.8 Å². The Morgan fingerprint density at radius 2 is 1.15 bits per heavy atom. The first-order chi connectivity index (χ1) is 5.54. The number of hydrogen-bond donors (Lipinski definition) is 2. The maximum absolute atomic E-state index is 9.33. The van der Waals surface area contributed by atoms with Crippen molar-refractivity contribution < 1.29 is 47.1 Å². The molecular weight excluding hydrogens is 232 g/mol. The molecule has 0 aromatic carbocycles. The molecule has 0 aromatic heterocycles. The number of hydrogen-bond acceptors (Lipinski definition) is 6. The molecule has 0 aliphatic carbocycles. The van der Waals surface area contributed by atoms with E-state index in [4.69, 9.17) is 10.2 Å². The van der Waals surface area contributed by atoms with E-state index < -0.39 is 11.9 Å². The summed E-state index contributed by atoms with van der Waals surface area (Å²) in [5.41, 5.74) is 0. The van der Waals surface area contributed by atoms with Gasteiger partial charge in [0.1, 0.15) is 0 Å². The van der Waals surface area contributed by atoms with Gasteiger partial charge in [-0.2, -0.15) is 0 Å². The Bertz CT molecular complexity index is 121. The minimum absolute atomic E-state index is 0. The molecule has 0 bridgehead atoms. The predicted molar refractivity (Wildman–Crippen MR) is 33.4 cm³/mol. The van der Waals surface area contributed by atoms with Crippen LogP contribution in [0.15, 0.2) is 0 Å². The van der Waals surface area contributed by atoms with Crippen LogP contribution in [0, 0.1) is 0 Å². The first-order valence-electron chi connectivity index (χ1n) is 3.16. The monoisotopic (exact) mass is 241 g/mol. The van der Waals surface area contributed by atoms with Crippen LogP contribution in [0.1, 0.15) is 12.8 Å². The van der Waals surface area contributed by atoms with E-state index >= 15 is 0 Å². The van der Waals surface area contributed by atoms with Crippen LogP contribution in [0.25, 0.3) is 0 Å². The maximum atomic E-state index is 9.33. The van der Waals surface area contributed by atoms with Crippen molar-refractivity contribution in [2.75, 3.05) is 13.2 Å². The van der Waals surface area contributed by atoms with Gasteiger partial charge in [0.25, 0.3) is 0 Å². The molecule has 0 rings (SSSR count). The minimum atomic E-state index is -1.21. The molecule has 0 spiro atoms. The van der Waals surface area contributed by atoms with Crippen LogP contribution in [-0.4, -0.2) is 35.4 Å². The summed E-state index contributed by atoms with van der Waals surface area (Å²) in [6.45, 7) is -0.662. The van der Waals surface area contributed by atoms with Gasteiger partial charge >= 0.3 is 17.1 Å². The number of carbonyl (C=O) groups excluding carboxylic acids is 2. The Kier molecular flexibility index (Phi) is 19.5. The van der Waals surface area contributed by atoms with E-state index in [1.54, 1.807) is 0 Å². The van der Waals surface area contributed by atoms with E-state index in [-0.39, 0.29) is 43.1 Å². The number of carbonyl (C=O) groups is 2. The zero-order valence-electron chi connectivity index (χ0n) is 6.66. The van der Waals surface area contributed by atoms with Crippen LogP contribution in [0.3, 0.4) is 0 Å². The minimum Gasteiger partial charge on any atom is -0.550 e. The van der Waals surface area contributed by atoms with Crippen LogP contribution >= 0.6 is 0 Å². The van der Waals surface area contributed by atoms with Gasteiger partial charge in [-0.25, -0.2) is 0 Å². The van der Waals surface area contributed by atoms with Crippen molar-refractivity contribution in [3.63, 3.8) is 0 Å². The number of rotatable bonds is 4. The largest absolute Gasteiger partial charge is 2.00 e. The SMILES string of the molecule is O=C([O-])CCO.O=C([O-])CCO.[Cu+2]. The molecule has 0 fully saturated rings. The van der Waals surface area contributed by atoms with E-state index in [2.05, 4.69) is 0 Å². The molecule has 0 aromatic rings. The van der Waals surface area contributed by atoms with Crippen LogP contribution in [-0.2, 0) is 26.7 Å². The first kappa shape index (κ1) is 18.2. The average Bonchev–Trinajstić information content (AvgIpc) is 1.87. The molecule has 0 heterocycles.